The molecule has 3 heterocycles. The third-order valence-corrected chi connectivity index (χ3v) is 3.19. The molecule has 0 amide bonds. The van der Waals surface area contributed by atoms with E-state index in [2.05, 4.69) is 15.1 Å². The molecule has 0 spiro atoms. The fraction of sp³-hybridized carbons (Fsp3) is 0. The van der Waals surface area contributed by atoms with Crippen LogP contribution in [-0.4, -0.2) is 15.1 Å². The summed E-state index contributed by atoms with van der Waals surface area (Å²) in [5.41, 5.74) is 0.798. The van der Waals surface area contributed by atoms with Gasteiger partial charge in [0.2, 0.25) is 5.82 Å². The van der Waals surface area contributed by atoms with Gasteiger partial charge in [0.1, 0.15) is 16.8 Å². The van der Waals surface area contributed by atoms with Gasteiger partial charge in [-0.1, -0.05) is 29.4 Å². The number of benzene rings is 1. The van der Waals surface area contributed by atoms with Crippen LogP contribution in [0.2, 0.25) is 0 Å². The van der Waals surface area contributed by atoms with Crippen LogP contribution in [-0.2, 0) is 0 Å². The highest BCUT2D eigenvalue weighted by atomic mass is 16.5. The summed E-state index contributed by atoms with van der Waals surface area (Å²) in [6.07, 6.45) is 1.63. The summed E-state index contributed by atoms with van der Waals surface area (Å²) in [7, 11) is 0. The van der Waals surface area contributed by atoms with E-state index < -0.39 is 5.63 Å². The fourth-order valence-corrected chi connectivity index (χ4v) is 2.14. The van der Waals surface area contributed by atoms with E-state index in [1.807, 2.05) is 18.2 Å². The number of rotatable bonds is 2. The molecule has 0 saturated carbocycles. The average Bonchev–Trinajstić information content (AvgIpc) is 3.05. The van der Waals surface area contributed by atoms with Crippen LogP contribution in [0.3, 0.4) is 0 Å². The van der Waals surface area contributed by atoms with Gasteiger partial charge in [-0.2, -0.15) is 4.98 Å². The monoisotopic (exact) mass is 291 g/mol. The predicted molar refractivity (Wildman–Crippen MR) is 79.0 cm³/mol. The molecule has 0 aliphatic rings. The molecular weight excluding hydrogens is 282 g/mol. The Hall–Kier alpha value is -3.28. The van der Waals surface area contributed by atoms with Crippen LogP contribution < -0.4 is 5.63 Å². The largest absolute Gasteiger partial charge is 0.422 e. The molecule has 0 aliphatic carbocycles. The normalized spacial score (nSPS) is 10.9. The molecule has 0 N–H and O–H groups in total. The third-order valence-electron chi connectivity index (χ3n) is 3.19. The molecule has 22 heavy (non-hydrogen) atoms. The Morgan fingerprint density at radius 2 is 1.86 bits per heavy atom. The Bertz CT molecular complexity index is 1010. The number of para-hydroxylation sites is 1. The Morgan fingerprint density at radius 1 is 1.00 bits per heavy atom. The van der Waals surface area contributed by atoms with Crippen molar-refractivity contribution in [3.63, 3.8) is 0 Å². The van der Waals surface area contributed by atoms with Crippen molar-refractivity contribution in [2.75, 3.05) is 0 Å². The number of hydrogen-bond donors (Lipinski definition) is 0. The lowest BCUT2D eigenvalue weighted by atomic mass is 10.2. The van der Waals surface area contributed by atoms with E-state index in [-0.39, 0.29) is 11.5 Å². The molecule has 6 heteroatoms. The van der Waals surface area contributed by atoms with Gasteiger partial charge in [-0.3, -0.25) is 4.98 Å². The predicted octanol–water partition coefficient (Wildman–Crippen LogP) is 2.91. The first-order valence-corrected chi connectivity index (χ1v) is 6.60. The van der Waals surface area contributed by atoms with Crippen LogP contribution in [0.5, 0.6) is 0 Å². The van der Waals surface area contributed by atoms with Crippen molar-refractivity contribution < 1.29 is 8.94 Å². The lowest BCUT2D eigenvalue weighted by molar-refractivity contribution is 0.429. The summed E-state index contributed by atoms with van der Waals surface area (Å²) in [4.78, 5) is 20.4. The van der Waals surface area contributed by atoms with Crippen LogP contribution in [0.1, 0.15) is 0 Å². The van der Waals surface area contributed by atoms with Crippen molar-refractivity contribution in [1.82, 2.24) is 15.1 Å². The quantitative estimate of drug-likeness (QED) is 0.528. The van der Waals surface area contributed by atoms with Crippen LogP contribution in [0.25, 0.3) is 33.9 Å². The van der Waals surface area contributed by atoms with E-state index in [9.17, 15) is 4.79 Å². The molecule has 4 aromatic rings. The van der Waals surface area contributed by atoms with Gasteiger partial charge < -0.3 is 8.94 Å². The molecule has 0 saturated heterocycles. The minimum absolute atomic E-state index is 0.111. The number of fused-ring (bicyclic) bond motifs is 1. The molecule has 3 aromatic heterocycles. The maximum absolute atomic E-state index is 12.1. The number of aromatic nitrogens is 3. The second-order valence-electron chi connectivity index (χ2n) is 4.62. The van der Waals surface area contributed by atoms with Gasteiger partial charge in [-0.15, -0.1) is 0 Å². The zero-order chi connectivity index (χ0) is 14.9. The SMILES string of the molecule is O=c1oc2ccccc2cc1-c1nc(-c2ccccn2)no1. The molecule has 0 fully saturated rings. The molecule has 0 unspecified atom stereocenters. The molecule has 0 aliphatic heterocycles. The van der Waals surface area contributed by atoms with Crippen molar-refractivity contribution >= 4 is 11.0 Å². The van der Waals surface area contributed by atoms with Crippen LogP contribution in [0, 0.1) is 0 Å². The first-order chi connectivity index (χ1) is 10.8. The van der Waals surface area contributed by atoms with E-state index in [0.717, 1.165) is 5.39 Å². The van der Waals surface area contributed by atoms with Gasteiger partial charge in [0.25, 0.3) is 5.89 Å². The van der Waals surface area contributed by atoms with Crippen molar-refractivity contribution in [2.45, 2.75) is 0 Å². The van der Waals surface area contributed by atoms with Crippen molar-refractivity contribution in [3.05, 3.63) is 65.1 Å². The molecule has 0 atom stereocenters. The van der Waals surface area contributed by atoms with E-state index in [1.54, 1.807) is 36.5 Å². The van der Waals surface area contributed by atoms with Crippen molar-refractivity contribution in [3.8, 4) is 23.0 Å². The summed E-state index contributed by atoms with van der Waals surface area (Å²) in [6.45, 7) is 0. The van der Waals surface area contributed by atoms with E-state index in [0.29, 0.717) is 17.1 Å². The highest BCUT2D eigenvalue weighted by Gasteiger charge is 2.16. The molecule has 106 valence electrons. The highest BCUT2D eigenvalue weighted by molar-refractivity contribution is 5.80. The molecule has 0 radical (unpaired) electrons. The average molecular weight is 291 g/mol. The number of hydrogen-bond acceptors (Lipinski definition) is 6. The van der Waals surface area contributed by atoms with Gasteiger partial charge >= 0.3 is 5.63 Å². The fourth-order valence-electron chi connectivity index (χ4n) is 2.14. The summed E-state index contributed by atoms with van der Waals surface area (Å²) in [5.74, 6) is 0.434. The summed E-state index contributed by atoms with van der Waals surface area (Å²) in [5, 5.41) is 4.64. The second-order valence-corrected chi connectivity index (χ2v) is 4.62. The molecule has 6 nitrogen and oxygen atoms in total. The zero-order valence-corrected chi connectivity index (χ0v) is 11.3. The zero-order valence-electron chi connectivity index (χ0n) is 11.3. The van der Waals surface area contributed by atoms with Crippen LogP contribution in [0.15, 0.2) is 68.5 Å². The first-order valence-electron chi connectivity index (χ1n) is 6.60. The highest BCUT2D eigenvalue weighted by Crippen LogP contribution is 2.21. The Kier molecular flexibility index (Phi) is 2.79. The van der Waals surface area contributed by atoms with Gasteiger partial charge in [0, 0.05) is 11.6 Å². The lowest BCUT2D eigenvalue weighted by Crippen LogP contribution is -2.02. The van der Waals surface area contributed by atoms with Crippen molar-refractivity contribution in [1.29, 1.82) is 0 Å². The van der Waals surface area contributed by atoms with Gasteiger partial charge in [0.05, 0.1) is 0 Å². The Balaban J connectivity index is 1.84. The molecule has 0 bridgehead atoms. The third kappa shape index (κ3) is 2.07. The Labute approximate surface area is 124 Å². The topological polar surface area (TPSA) is 82.0 Å². The minimum atomic E-state index is -0.519. The number of nitrogens with zero attached hydrogens (tertiary/aromatic N) is 3. The van der Waals surface area contributed by atoms with E-state index >= 15 is 0 Å². The summed E-state index contributed by atoms with van der Waals surface area (Å²) in [6, 6.07) is 14.3. The van der Waals surface area contributed by atoms with Gasteiger partial charge in [0.15, 0.2) is 0 Å². The lowest BCUT2D eigenvalue weighted by Gasteiger charge is -1.97. The standard InChI is InChI=1S/C16H9N3O3/c20-16-11(9-10-5-1-2-7-13(10)21-16)15-18-14(19-22-15)12-6-3-4-8-17-12/h1-9H. The maximum atomic E-state index is 12.1. The number of pyridine rings is 1. The maximum Gasteiger partial charge on any atom is 0.349 e. The second kappa shape index (κ2) is 4.92. The first kappa shape index (κ1) is 12.5. The molecular formula is C16H9N3O3. The van der Waals surface area contributed by atoms with Gasteiger partial charge in [-0.05, 0) is 24.3 Å². The van der Waals surface area contributed by atoms with Crippen LogP contribution in [0.4, 0.5) is 0 Å². The van der Waals surface area contributed by atoms with Gasteiger partial charge in [-0.25, -0.2) is 4.79 Å². The van der Waals surface area contributed by atoms with Crippen LogP contribution >= 0.6 is 0 Å². The smallest absolute Gasteiger partial charge is 0.349 e. The Morgan fingerprint density at radius 3 is 2.73 bits per heavy atom. The van der Waals surface area contributed by atoms with Crippen molar-refractivity contribution in [2.24, 2.45) is 0 Å². The molecule has 1 aromatic carbocycles. The summed E-state index contributed by atoms with van der Waals surface area (Å²) < 4.78 is 10.4. The van der Waals surface area contributed by atoms with E-state index in [1.165, 1.54) is 0 Å². The summed E-state index contributed by atoms with van der Waals surface area (Å²) >= 11 is 0. The van der Waals surface area contributed by atoms with E-state index in [4.69, 9.17) is 8.94 Å². The molecule has 4 rings (SSSR count). The minimum Gasteiger partial charge on any atom is -0.422 e.